The van der Waals surface area contributed by atoms with Gasteiger partial charge in [-0.2, -0.15) is 0 Å². The third-order valence-electron chi connectivity index (χ3n) is 11.8. The van der Waals surface area contributed by atoms with Gasteiger partial charge in [-0.15, -0.1) is 0 Å². The van der Waals surface area contributed by atoms with Gasteiger partial charge in [0, 0.05) is 52.7 Å². The number of hydrogen-bond donors (Lipinski definition) is 4. The number of carbonyl (C=O) groups excluding carboxylic acids is 3. The predicted molar refractivity (Wildman–Crippen MR) is 224 cm³/mol. The van der Waals surface area contributed by atoms with Gasteiger partial charge in [0.05, 0.1) is 43.0 Å². The summed E-state index contributed by atoms with van der Waals surface area (Å²) in [5.74, 6) is 0.548. The van der Waals surface area contributed by atoms with Gasteiger partial charge in [0.1, 0.15) is 23.8 Å². The number of nitrogens with zero attached hydrogens (tertiary/aromatic N) is 6. The normalized spacial score (nSPS) is 18.3. The lowest BCUT2D eigenvalue weighted by atomic mass is 10.0. The van der Waals surface area contributed by atoms with Gasteiger partial charge in [0.2, 0.25) is 5.91 Å². The van der Waals surface area contributed by atoms with E-state index < -0.39 is 36.0 Å². The molecule has 4 amide bonds. The van der Waals surface area contributed by atoms with E-state index in [2.05, 4.69) is 30.2 Å². The van der Waals surface area contributed by atoms with Gasteiger partial charge in [-0.1, -0.05) is 54.6 Å². The van der Waals surface area contributed by atoms with Crippen molar-refractivity contribution in [2.45, 2.75) is 69.0 Å². The summed E-state index contributed by atoms with van der Waals surface area (Å²) in [7, 11) is 5.42. The lowest BCUT2D eigenvalue weighted by Crippen LogP contribution is -2.66. The number of H-pyrrole nitrogens is 2. The van der Waals surface area contributed by atoms with Crippen molar-refractivity contribution in [3.05, 3.63) is 103 Å². The molecule has 0 bridgehead atoms. The Balaban J connectivity index is 1.02. The number of aromatic amines is 2. The van der Waals surface area contributed by atoms with Crippen LogP contribution in [0.3, 0.4) is 0 Å². The smallest absolute Gasteiger partial charge is 0.409 e. The zero-order valence-corrected chi connectivity index (χ0v) is 34.8. The number of ether oxygens (including phenoxy) is 3. The number of likely N-dealkylation sites (tertiary alicyclic amines) is 2. The van der Waals surface area contributed by atoms with E-state index in [0.29, 0.717) is 43.3 Å². The van der Waals surface area contributed by atoms with Crippen LogP contribution in [0.2, 0.25) is 0 Å². The molecule has 0 spiro atoms. The van der Waals surface area contributed by atoms with E-state index in [1.165, 1.54) is 28.4 Å². The van der Waals surface area contributed by atoms with Gasteiger partial charge in [0.15, 0.2) is 0 Å². The highest BCUT2D eigenvalue weighted by Crippen LogP contribution is 2.36. The first-order chi connectivity index (χ1) is 29.5. The van der Waals surface area contributed by atoms with Crippen molar-refractivity contribution in [3.63, 3.8) is 0 Å². The van der Waals surface area contributed by atoms with E-state index in [4.69, 9.17) is 14.2 Å². The quantitative estimate of drug-likeness (QED) is 0.0982. The number of amides is 4. The first kappa shape index (κ1) is 42.5. The maximum Gasteiger partial charge on any atom is 0.409 e. The molecule has 2 aliphatic rings. The number of imidazole rings is 2. The van der Waals surface area contributed by atoms with E-state index in [-0.39, 0.29) is 24.4 Å². The monoisotopic (exact) mass is 833 g/mol. The Labute approximate surface area is 353 Å². The molecule has 0 aliphatic carbocycles. The van der Waals surface area contributed by atoms with Crippen LogP contribution in [-0.4, -0.2) is 128 Å². The van der Waals surface area contributed by atoms with Crippen LogP contribution in [0.25, 0.3) is 33.6 Å². The second-order valence-electron chi connectivity index (χ2n) is 15.2. The van der Waals surface area contributed by atoms with Crippen molar-refractivity contribution in [2.24, 2.45) is 0 Å². The van der Waals surface area contributed by atoms with Gasteiger partial charge in [-0.25, -0.2) is 19.6 Å². The summed E-state index contributed by atoms with van der Waals surface area (Å²) in [5.41, 5.74) is 4.32. The number of hydrogen-bond acceptors (Lipinski definition) is 10. The topological polar surface area (TPSA) is 208 Å². The number of likely N-dealkylation sites (N-methyl/N-ethyl adjacent to an activating group) is 1. The van der Waals surface area contributed by atoms with Crippen LogP contribution in [-0.2, 0) is 30.2 Å². The summed E-state index contributed by atoms with van der Waals surface area (Å²) < 4.78 is 15.9. The standard InChI is InChI=1S/C44H51N9O8/c1-27(59-3)44(61-5,50-42(56)60-4)41(55)53-23-9-12-36(53)39-47-26-34(49-39)31-19-15-29(16-20-31)28-13-17-30(18-14-28)33-25-46-38(48-33)35-11-8-22-52(35)40(54)37(51(2)43(57)58)24-32-10-6-7-21-45-32/h6-7,10,13-21,25-27,35-37H,8-9,11-12,22-24H2,1-5H3,(H,46,48)(H,47,49)(H,50,56)(H,57,58)/t27-,35+,36+,37+,44+/m1/s1. The Hall–Kier alpha value is -6.59. The molecule has 5 heterocycles. The Kier molecular flexibility index (Phi) is 12.8. The van der Waals surface area contributed by atoms with Crippen molar-refractivity contribution in [2.75, 3.05) is 41.5 Å². The minimum atomic E-state index is -1.80. The van der Waals surface area contributed by atoms with Crippen molar-refractivity contribution >= 4 is 24.0 Å². The van der Waals surface area contributed by atoms with E-state index >= 15 is 0 Å². The molecule has 17 nitrogen and oxygen atoms in total. The van der Waals surface area contributed by atoms with E-state index in [1.807, 2.05) is 54.6 Å². The van der Waals surface area contributed by atoms with E-state index in [1.54, 1.807) is 47.4 Å². The van der Waals surface area contributed by atoms with Gasteiger partial charge >= 0.3 is 12.2 Å². The number of nitrogens with one attached hydrogen (secondary N) is 3. The molecule has 0 unspecified atom stereocenters. The number of rotatable bonds is 14. The fourth-order valence-electron chi connectivity index (χ4n) is 8.25. The summed E-state index contributed by atoms with van der Waals surface area (Å²) in [6, 6.07) is 20.0. The highest BCUT2D eigenvalue weighted by atomic mass is 16.6. The zero-order valence-electron chi connectivity index (χ0n) is 34.8. The number of pyridine rings is 1. The third-order valence-corrected chi connectivity index (χ3v) is 11.8. The average Bonchev–Trinajstić information content (AvgIpc) is 4.14. The highest BCUT2D eigenvalue weighted by molar-refractivity contribution is 5.90. The van der Waals surface area contributed by atoms with Crippen LogP contribution in [0.1, 0.15) is 62.0 Å². The molecule has 3 aromatic heterocycles. The SMILES string of the molecule is COC(=O)N[C@@](OC)(C(=O)N1CCC[C@H]1c1ncc(-c2ccc(-c3ccc(-c4cnc([C@@H]5CCCN5C(=O)[C@H](Cc5ccccn5)N(C)C(=O)O)[nH]4)cc3)cc2)[nH]1)[C@@H](C)OC. The molecule has 7 rings (SSSR count). The highest BCUT2D eigenvalue weighted by Gasteiger charge is 2.51. The first-order valence-electron chi connectivity index (χ1n) is 20.2. The number of alkyl carbamates (subject to hydrolysis) is 1. The molecule has 5 aromatic rings. The van der Waals surface area contributed by atoms with Gasteiger partial charge in [-0.05, 0) is 67.0 Å². The van der Waals surface area contributed by atoms with Gasteiger partial charge in [-0.3, -0.25) is 24.8 Å². The number of methoxy groups -OCH3 is 3. The molecule has 0 radical (unpaired) electrons. The lowest BCUT2D eigenvalue weighted by molar-refractivity contribution is -0.178. The largest absolute Gasteiger partial charge is 0.465 e. The fourth-order valence-corrected chi connectivity index (χ4v) is 8.25. The third kappa shape index (κ3) is 8.70. The number of aromatic nitrogens is 5. The molecule has 2 aliphatic heterocycles. The van der Waals surface area contributed by atoms with Crippen LogP contribution in [0.4, 0.5) is 9.59 Å². The second-order valence-corrected chi connectivity index (χ2v) is 15.2. The molecular formula is C44H51N9O8. The van der Waals surface area contributed by atoms with Crippen LogP contribution in [0.15, 0.2) is 85.3 Å². The number of benzene rings is 2. The van der Waals surface area contributed by atoms with Crippen LogP contribution < -0.4 is 5.32 Å². The van der Waals surface area contributed by atoms with E-state index in [0.717, 1.165) is 51.4 Å². The van der Waals surface area contributed by atoms with E-state index in [9.17, 15) is 24.3 Å². The minimum Gasteiger partial charge on any atom is -0.465 e. The molecule has 0 saturated carbocycles. The minimum absolute atomic E-state index is 0.169. The predicted octanol–water partition coefficient (Wildman–Crippen LogP) is 5.81. The van der Waals surface area contributed by atoms with Crippen molar-refractivity contribution in [1.29, 1.82) is 0 Å². The second kappa shape index (κ2) is 18.4. The maximum absolute atomic E-state index is 14.1. The molecule has 2 fully saturated rings. The van der Waals surface area contributed by atoms with Gasteiger partial charge in [0.25, 0.3) is 11.6 Å². The Morgan fingerprint density at radius 3 is 1.85 bits per heavy atom. The molecule has 17 heteroatoms. The molecule has 320 valence electrons. The fraction of sp³-hybridized carbons (Fsp3) is 0.386. The Morgan fingerprint density at radius 2 is 1.36 bits per heavy atom. The summed E-state index contributed by atoms with van der Waals surface area (Å²) in [5, 5.41) is 12.4. The number of carbonyl (C=O) groups is 4. The molecular weight excluding hydrogens is 783 g/mol. The summed E-state index contributed by atoms with van der Waals surface area (Å²) in [4.78, 5) is 77.2. The molecule has 2 aromatic carbocycles. The van der Waals surface area contributed by atoms with Crippen LogP contribution in [0, 0.1) is 0 Å². The zero-order chi connectivity index (χ0) is 43.3. The van der Waals surface area contributed by atoms with Crippen molar-refractivity contribution in [1.82, 2.24) is 44.9 Å². The molecule has 61 heavy (non-hydrogen) atoms. The summed E-state index contributed by atoms with van der Waals surface area (Å²) >= 11 is 0. The molecule has 5 atom stereocenters. The maximum atomic E-state index is 14.1. The average molecular weight is 834 g/mol. The van der Waals surface area contributed by atoms with Crippen LogP contribution >= 0.6 is 0 Å². The van der Waals surface area contributed by atoms with Crippen molar-refractivity contribution in [3.8, 4) is 33.6 Å². The Bertz CT molecular complexity index is 2320. The first-order valence-corrected chi connectivity index (χ1v) is 20.2. The molecule has 4 N–H and O–H groups in total. The summed E-state index contributed by atoms with van der Waals surface area (Å²) in [6.45, 7) is 2.59. The lowest BCUT2D eigenvalue weighted by Gasteiger charge is -2.39. The Morgan fingerprint density at radius 1 is 0.820 bits per heavy atom. The van der Waals surface area contributed by atoms with Crippen LogP contribution in [0.5, 0.6) is 0 Å². The number of carboxylic acid groups (broad SMARTS) is 1. The van der Waals surface area contributed by atoms with Crippen molar-refractivity contribution < 1.29 is 38.5 Å². The van der Waals surface area contributed by atoms with Gasteiger partial charge < -0.3 is 39.1 Å². The summed E-state index contributed by atoms with van der Waals surface area (Å²) in [6.07, 6.45) is 5.39. The molecule has 2 saturated heterocycles.